The highest BCUT2D eigenvalue weighted by Crippen LogP contribution is 2.38. The van der Waals surface area contributed by atoms with Crippen LogP contribution in [-0.4, -0.2) is 69.4 Å². The van der Waals surface area contributed by atoms with Gasteiger partial charge in [-0.2, -0.15) is 0 Å². The van der Waals surface area contributed by atoms with Crippen molar-refractivity contribution >= 4 is 19.7 Å². The molecule has 0 rings (SSSR count). The summed E-state index contributed by atoms with van der Waals surface area (Å²) < 4.78 is 30.2. The molecule has 0 radical (unpaired) electrons. The first-order valence-electron chi connectivity index (χ1n) is 28.9. The number of rotatable bonds is 52. The Hall–Kier alpha value is -2.03. The van der Waals surface area contributed by atoms with Crippen LogP contribution in [0.1, 0.15) is 265 Å². The van der Waals surface area contributed by atoms with E-state index in [1.165, 1.54) is 148 Å². The maximum atomic E-state index is 13.5. The smallest absolute Gasteiger partial charge is 0.306 e. The molecule has 0 saturated carbocycles. The normalized spacial score (nSPS) is 14.1. The minimum Gasteiger partial charge on any atom is -0.756 e. The van der Waals surface area contributed by atoms with E-state index in [4.69, 9.17) is 13.8 Å². The monoisotopic (exact) mass is 991 g/mol. The molecule has 0 heterocycles. The average molecular weight is 992 g/mol. The van der Waals surface area contributed by atoms with Crippen LogP contribution >= 0.6 is 7.82 Å². The molecule has 0 aliphatic carbocycles. The van der Waals surface area contributed by atoms with Gasteiger partial charge in [0.05, 0.1) is 33.8 Å². The fraction of sp³-hybridized carbons (Fsp3) is 0.831. The van der Waals surface area contributed by atoms with Gasteiger partial charge < -0.3 is 28.5 Å². The first kappa shape index (κ1) is 67.0. The minimum atomic E-state index is -4.70. The van der Waals surface area contributed by atoms with Crippen LogP contribution in [0.3, 0.4) is 0 Å². The van der Waals surface area contributed by atoms with E-state index in [1.54, 1.807) is 0 Å². The van der Waals surface area contributed by atoms with Gasteiger partial charge in [0.15, 0.2) is 0 Å². The predicted octanol–water partition coefficient (Wildman–Crippen LogP) is 16.7. The van der Waals surface area contributed by atoms with E-state index in [0.717, 1.165) is 77.0 Å². The van der Waals surface area contributed by atoms with Crippen molar-refractivity contribution in [2.75, 3.05) is 40.9 Å². The van der Waals surface area contributed by atoms with Gasteiger partial charge in [0.1, 0.15) is 19.3 Å². The Bertz CT molecular complexity index is 1330. The SMILES string of the molecule is CCCCC/C=C\C/C=C\C/C=C\CCCCCCC(=O)NC(COP(=O)([O-])OCC[N+](C)(C)C)C(/C=C/CCCCCCCCCCC)OC(=O)CCCCCCCCCCCCCCCCC. The highest BCUT2D eigenvalue weighted by atomic mass is 31.2. The van der Waals surface area contributed by atoms with Gasteiger partial charge in [-0.1, -0.05) is 230 Å². The molecule has 0 bridgehead atoms. The van der Waals surface area contributed by atoms with Crippen molar-refractivity contribution in [3.63, 3.8) is 0 Å². The number of hydrogen-bond acceptors (Lipinski definition) is 7. The molecule has 404 valence electrons. The number of amides is 1. The van der Waals surface area contributed by atoms with E-state index in [0.29, 0.717) is 23.9 Å². The molecule has 1 N–H and O–H groups in total. The van der Waals surface area contributed by atoms with Crippen LogP contribution in [0.25, 0.3) is 0 Å². The van der Waals surface area contributed by atoms with Gasteiger partial charge in [0.2, 0.25) is 5.91 Å². The third-order valence-electron chi connectivity index (χ3n) is 12.8. The third-order valence-corrected chi connectivity index (χ3v) is 13.7. The van der Waals surface area contributed by atoms with Crippen LogP contribution in [0.15, 0.2) is 48.6 Å². The molecule has 9 nitrogen and oxygen atoms in total. The molecule has 0 aromatic rings. The van der Waals surface area contributed by atoms with E-state index in [1.807, 2.05) is 33.3 Å². The lowest BCUT2D eigenvalue weighted by molar-refractivity contribution is -0.870. The quantitative estimate of drug-likeness (QED) is 0.0212. The summed E-state index contributed by atoms with van der Waals surface area (Å²) in [6.07, 6.45) is 59.3. The van der Waals surface area contributed by atoms with Crippen molar-refractivity contribution in [2.45, 2.75) is 277 Å². The van der Waals surface area contributed by atoms with Gasteiger partial charge in [0.25, 0.3) is 7.82 Å². The summed E-state index contributed by atoms with van der Waals surface area (Å²) in [7, 11) is 1.17. The van der Waals surface area contributed by atoms with Crippen molar-refractivity contribution in [2.24, 2.45) is 0 Å². The lowest BCUT2D eigenvalue weighted by atomic mass is 10.0. The summed E-state index contributed by atoms with van der Waals surface area (Å²) in [5.41, 5.74) is 0. The van der Waals surface area contributed by atoms with Crippen LogP contribution in [0.5, 0.6) is 0 Å². The van der Waals surface area contributed by atoms with Crippen LogP contribution in [-0.2, 0) is 27.9 Å². The van der Waals surface area contributed by atoms with Crippen molar-refractivity contribution in [3.8, 4) is 0 Å². The van der Waals surface area contributed by atoms with Crippen LogP contribution in [0, 0.1) is 0 Å². The molecule has 1 amide bonds. The van der Waals surface area contributed by atoms with Crippen molar-refractivity contribution in [3.05, 3.63) is 48.6 Å². The number of esters is 1. The molecule has 0 aliphatic rings. The van der Waals surface area contributed by atoms with Gasteiger partial charge in [-0.3, -0.25) is 14.2 Å². The number of carbonyl (C=O) groups excluding carboxylic acids is 2. The molecular weight excluding hydrogens is 880 g/mol. The summed E-state index contributed by atoms with van der Waals surface area (Å²) in [5.74, 6) is -0.560. The predicted molar refractivity (Wildman–Crippen MR) is 293 cm³/mol. The van der Waals surface area contributed by atoms with E-state index in [2.05, 4.69) is 62.5 Å². The fourth-order valence-electron chi connectivity index (χ4n) is 8.23. The zero-order valence-corrected chi connectivity index (χ0v) is 46.9. The molecule has 10 heteroatoms. The molecule has 0 aromatic heterocycles. The molecule has 3 unspecified atom stereocenters. The maximum Gasteiger partial charge on any atom is 0.306 e. The highest BCUT2D eigenvalue weighted by Gasteiger charge is 2.27. The van der Waals surface area contributed by atoms with E-state index >= 15 is 0 Å². The van der Waals surface area contributed by atoms with Gasteiger partial charge in [0, 0.05) is 12.8 Å². The summed E-state index contributed by atoms with van der Waals surface area (Å²) in [6, 6.07) is -0.896. The fourth-order valence-corrected chi connectivity index (χ4v) is 8.96. The van der Waals surface area contributed by atoms with Gasteiger partial charge >= 0.3 is 5.97 Å². The first-order valence-corrected chi connectivity index (χ1v) is 30.4. The van der Waals surface area contributed by atoms with Gasteiger partial charge in [-0.15, -0.1) is 0 Å². The highest BCUT2D eigenvalue weighted by molar-refractivity contribution is 7.45. The van der Waals surface area contributed by atoms with Crippen molar-refractivity contribution in [1.29, 1.82) is 0 Å². The molecule has 0 aromatic carbocycles. The maximum absolute atomic E-state index is 13.5. The number of nitrogens with one attached hydrogen (secondary N) is 1. The molecular formula is C59H111N2O7P. The number of allylic oxidation sites excluding steroid dienone is 7. The summed E-state index contributed by atoms with van der Waals surface area (Å²) in [5, 5.41) is 3.01. The second kappa shape index (κ2) is 49.5. The Kier molecular flexibility index (Phi) is 48.1. The Morgan fingerprint density at radius 2 is 0.884 bits per heavy atom. The summed E-state index contributed by atoms with van der Waals surface area (Å²) >= 11 is 0. The number of nitrogens with zero attached hydrogens (tertiary/aromatic N) is 1. The van der Waals surface area contributed by atoms with E-state index in [-0.39, 0.29) is 24.9 Å². The van der Waals surface area contributed by atoms with Crippen LogP contribution in [0.2, 0.25) is 0 Å². The third kappa shape index (κ3) is 50.7. The molecule has 0 saturated heterocycles. The number of likely N-dealkylation sites (N-methyl/N-ethyl adjacent to an activating group) is 1. The molecule has 0 fully saturated rings. The molecule has 3 atom stereocenters. The summed E-state index contributed by atoms with van der Waals surface area (Å²) in [4.78, 5) is 39.8. The topological polar surface area (TPSA) is 114 Å². The minimum absolute atomic E-state index is 0.0262. The Labute approximate surface area is 427 Å². The van der Waals surface area contributed by atoms with Crippen molar-refractivity contribution < 1.29 is 37.3 Å². The Morgan fingerprint density at radius 1 is 0.507 bits per heavy atom. The average Bonchev–Trinajstić information content (AvgIpc) is 3.31. The zero-order chi connectivity index (χ0) is 50.8. The lowest BCUT2D eigenvalue weighted by Crippen LogP contribution is -2.47. The van der Waals surface area contributed by atoms with E-state index < -0.39 is 26.6 Å². The Morgan fingerprint density at radius 3 is 1.35 bits per heavy atom. The van der Waals surface area contributed by atoms with Crippen LogP contribution < -0.4 is 10.2 Å². The van der Waals surface area contributed by atoms with E-state index in [9.17, 15) is 19.0 Å². The molecule has 69 heavy (non-hydrogen) atoms. The van der Waals surface area contributed by atoms with Gasteiger partial charge in [-0.05, 0) is 70.3 Å². The standard InChI is InChI=1S/C59H111N2O7P/c1-7-10-13-16-19-22-25-27-29-30-32-33-36-39-42-45-48-51-58(62)60-56(55-67-69(64,65)66-54-53-61(4,5)6)57(50-47-44-41-38-35-24-21-18-15-12-9-3)68-59(63)52-49-46-43-40-37-34-31-28-26-23-20-17-14-11-8-2/h19,22,27,29,32-33,47,50,56-57H,7-18,20-21,23-26,28,30-31,34-46,48-49,51-55H2,1-6H3,(H-,60,62,64,65)/b22-19-,29-27-,33-32-,50-47+. The summed E-state index contributed by atoms with van der Waals surface area (Å²) in [6.45, 7) is 6.80. The molecule has 0 aliphatic heterocycles. The Balaban J connectivity index is 5.34. The number of phosphoric acid groups is 1. The van der Waals surface area contributed by atoms with Gasteiger partial charge in [-0.25, -0.2) is 0 Å². The zero-order valence-electron chi connectivity index (χ0n) is 46.0. The lowest BCUT2D eigenvalue weighted by Gasteiger charge is -2.30. The number of phosphoric ester groups is 1. The number of carbonyl (C=O) groups is 2. The van der Waals surface area contributed by atoms with Crippen LogP contribution in [0.4, 0.5) is 0 Å². The second-order valence-electron chi connectivity index (χ2n) is 20.8. The first-order chi connectivity index (χ1) is 33.4. The number of hydrogen-bond donors (Lipinski definition) is 1. The second-order valence-corrected chi connectivity index (χ2v) is 22.2. The number of unbranched alkanes of at least 4 members (excludes halogenated alkanes) is 30. The number of ether oxygens (including phenoxy) is 1. The van der Waals surface area contributed by atoms with Crippen molar-refractivity contribution in [1.82, 2.24) is 5.32 Å². The molecule has 0 spiro atoms. The number of quaternary nitrogens is 1. The largest absolute Gasteiger partial charge is 0.756 e.